The lowest BCUT2D eigenvalue weighted by molar-refractivity contribution is 0.0980. The van der Waals surface area contributed by atoms with Crippen LogP contribution < -0.4 is 4.90 Å². The highest BCUT2D eigenvalue weighted by atomic mass is 32.1. The molecule has 4 rings (SSSR count). The summed E-state index contributed by atoms with van der Waals surface area (Å²) in [5.74, 6) is -0.778. The fraction of sp³-hybridized carbons (Fsp3) is 0.0556. The molecule has 128 valence electrons. The zero-order chi connectivity index (χ0) is 17.9. The van der Waals surface area contributed by atoms with E-state index in [9.17, 15) is 9.18 Å². The van der Waals surface area contributed by atoms with Crippen LogP contribution in [0.5, 0.6) is 0 Å². The molecule has 0 aliphatic heterocycles. The molecule has 8 heteroatoms. The van der Waals surface area contributed by atoms with E-state index in [1.165, 1.54) is 40.9 Å². The van der Waals surface area contributed by atoms with Gasteiger partial charge >= 0.3 is 0 Å². The van der Waals surface area contributed by atoms with Crippen molar-refractivity contribution in [3.63, 3.8) is 0 Å². The van der Waals surface area contributed by atoms with E-state index in [1.54, 1.807) is 30.6 Å². The Kier molecular flexibility index (Phi) is 4.32. The largest absolute Gasteiger partial charge is 0.280 e. The van der Waals surface area contributed by atoms with Crippen molar-refractivity contribution < 1.29 is 9.18 Å². The summed E-state index contributed by atoms with van der Waals surface area (Å²) in [6.07, 6.45) is 7.67. The molecule has 0 N–H and O–H groups in total. The molecule has 0 bridgehead atoms. The van der Waals surface area contributed by atoms with Gasteiger partial charge in [-0.2, -0.15) is 0 Å². The second kappa shape index (κ2) is 6.93. The minimum atomic E-state index is -0.418. The van der Waals surface area contributed by atoms with Crippen molar-refractivity contribution in [2.75, 3.05) is 4.90 Å². The molecule has 0 atom stereocenters. The molecule has 0 fully saturated rings. The number of hydrogen-bond acceptors (Lipinski definition) is 6. The molecule has 0 aliphatic carbocycles. The number of pyridine rings is 1. The third-order valence-corrected chi connectivity index (χ3v) is 4.72. The van der Waals surface area contributed by atoms with Crippen LogP contribution >= 0.6 is 11.3 Å². The van der Waals surface area contributed by atoms with Gasteiger partial charge in [-0.15, -0.1) is 0 Å². The number of para-hydroxylation sites is 1. The lowest BCUT2D eigenvalue weighted by Gasteiger charge is -2.19. The maximum Gasteiger partial charge on any atom is 0.280 e. The minimum Gasteiger partial charge on any atom is -0.278 e. The summed E-state index contributed by atoms with van der Waals surface area (Å²) >= 11 is 1.25. The number of nitrogens with zero attached hydrogens (tertiary/aromatic N) is 5. The number of fused-ring (bicyclic) bond motifs is 1. The second-order valence-corrected chi connectivity index (χ2v) is 6.44. The summed E-state index contributed by atoms with van der Waals surface area (Å²) in [7, 11) is 0. The summed E-state index contributed by atoms with van der Waals surface area (Å²) in [6, 6.07) is 8.39. The van der Waals surface area contributed by atoms with E-state index in [-0.39, 0.29) is 23.7 Å². The van der Waals surface area contributed by atoms with E-state index in [0.717, 1.165) is 5.56 Å². The third-order valence-electron chi connectivity index (χ3n) is 3.68. The Labute approximate surface area is 152 Å². The van der Waals surface area contributed by atoms with Gasteiger partial charge in [-0.1, -0.05) is 23.5 Å². The fourth-order valence-corrected chi connectivity index (χ4v) is 3.44. The average Bonchev–Trinajstić information content (AvgIpc) is 3.12. The third kappa shape index (κ3) is 3.14. The van der Waals surface area contributed by atoms with Crippen LogP contribution in [0.25, 0.3) is 10.2 Å². The smallest absolute Gasteiger partial charge is 0.278 e. The highest BCUT2D eigenvalue weighted by Gasteiger charge is 2.23. The van der Waals surface area contributed by atoms with Gasteiger partial charge in [-0.3, -0.25) is 19.7 Å². The first-order valence-electron chi connectivity index (χ1n) is 7.74. The first-order chi connectivity index (χ1) is 12.7. The molecule has 6 nitrogen and oxygen atoms in total. The second-order valence-electron chi connectivity index (χ2n) is 5.43. The Morgan fingerprint density at radius 2 is 1.96 bits per heavy atom. The molecule has 0 unspecified atom stereocenters. The molecule has 0 radical (unpaired) electrons. The molecule has 0 aliphatic rings. The first-order valence-corrected chi connectivity index (χ1v) is 8.56. The van der Waals surface area contributed by atoms with Gasteiger partial charge in [0.2, 0.25) is 0 Å². The Bertz CT molecular complexity index is 1060. The number of halogens is 1. The van der Waals surface area contributed by atoms with Crippen molar-refractivity contribution in [1.82, 2.24) is 19.9 Å². The zero-order valence-corrected chi connectivity index (χ0v) is 14.2. The molecule has 0 saturated carbocycles. The van der Waals surface area contributed by atoms with Crippen LogP contribution in [0, 0.1) is 5.82 Å². The van der Waals surface area contributed by atoms with E-state index < -0.39 is 5.82 Å². The number of anilines is 1. The zero-order valence-electron chi connectivity index (χ0n) is 13.4. The molecule has 1 aromatic carbocycles. The molecular formula is C18H12FN5OS. The monoisotopic (exact) mass is 365 g/mol. The molecule has 0 saturated heterocycles. The van der Waals surface area contributed by atoms with Crippen LogP contribution in [0.3, 0.4) is 0 Å². The van der Waals surface area contributed by atoms with E-state index in [4.69, 9.17) is 0 Å². The van der Waals surface area contributed by atoms with Crippen molar-refractivity contribution in [3.05, 3.63) is 78.4 Å². The molecule has 3 heterocycles. The first kappa shape index (κ1) is 16.2. The summed E-state index contributed by atoms with van der Waals surface area (Å²) in [4.78, 5) is 30.9. The lowest BCUT2D eigenvalue weighted by Crippen LogP contribution is -2.31. The molecule has 26 heavy (non-hydrogen) atoms. The van der Waals surface area contributed by atoms with Crippen LogP contribution in [-0.2, 0) is 6.54 Å². The van der Waals surface area contributed by atoms with Crippen LogP contribution in [0.2, 0.25) is 0 Å². The van der Waals surface area contributed by atoms with Gasteiger partial charge in [-0.05, 0) is 23.8 Å². The predicted molar refractivity (Wildman–Crippen MR) is 96.4 cm³/mol. The molecule has 4 aromatic rings. The Balaban J connectivity index is 1.78. The van der Waals surface area contributed by atoms with Crippen LogP contribution in [0.1, 0.15) is 16.1 Å². The maximum absolute atomic E-state index is 14.0. The topological polar surface area (TPSA) is 71.9 Å². The number of hydrogen-bond donors (Lipinski definition) is 0. The maximum atomic E-state index is 14.0. The fourth-order valence-electron chi connectivity index (χ4n) is 2.47. The average molecular weight is 365 g/mol. The van der Waals surface area contributed by atoms with Crippen LogP contribution in [0.4, 0.5) is 9.52 Å². The Morgan fingerprint density at radius 3 is 2.69 bits per heavy atom. The number of carbonyl (C=O) groups is 1. The minimum absolute atomic E-state index is 0.191. The SMILES string of the molecule is O=C(c1cnccn1)N(Cc1cccnc1)c1nc2c(F)cccc2s1. The van der Waals surface area contributed by atoms with Crippen LogP contribution in [0.15, 0.2) is 61.3 Å². The number of rotatable bonds is 4. The van der Waals surface area contributed by atoms with Gasteiger partial charge in [0.25, 0.3) is 5.91 Å². The van der Waals surface area contributed by atoms with E-state index in [0.29, 0.717) is 9.83 Å². The highest BCUT2D eigenvalue weighted by molar-refractivity contribution is 7.22. The lowest BCUT2D eigenvalue weighted by atomic mass is 10.2. The van der Waals surface area contributed by atoms with Gasteiger partial charge < -0.3 is 0 Å². The predicted octanol–water partition coefficient (Wildman–Crippen LogP) is 3.47. The summed E-state index contributed by atoms with van der Waals surface area (Å²) in [5, 5.41) is 0.393. The van der Waals surface area contributed by atoms with Gasteiger partial charge in [0.05, 0.1) is 17.4 Å². The van der Waals surface area contributed by atoms with E-state index >= 15 is 0 Å². The normalized spacial score (nSPS) is 10.8. The van der Waals surface area contributed by atoms with Crippen molar-refractivity contribution in [3.8, 4) is 0 Å². The summed E-state index contributed by atoms with van der Waals surface area (Å²) < 4.78 is 14.7. The van der Waals surface area contributed by atoms with E-state index in [1.807, 2.05) is 6.07 Å². The molecule has 0 spiro atoms. The van der Waals surface area contributed by atoms with Crippen molar-refractivity contribution in [2.24, 2.45) is 0 Å². The van der Waals surface area contributed by atoms with E-state index in [2.05, 4.69) is 19.9 Å². The Hall–Kier alpha value is -3.26. The Morgan fingerprint density at radius 1 is 1.08 bits per heavy atom. The van der Waals surface area contributed by atoms with Gasteiger partial charge in [0, 0.05) is 24.8 Å². The number of benzene rings is 1. The van der Waals surface area contributed by atoms with Crippen molar-refractivity contribution >= 4 is 32.6 Å². The summed E-state index contributed by atoms with van der Waals surface area (Å²) in [6.45, 7) is 0.241. The number of amides is 1. The van der Waals surface area contributed by atoms with Gasteiger partial charge in [0.15, 0.2) is 5.13 Å². The quantitative estimate of drug-likeness (QED) is 0.554. The highest BCUT2D eigenvalue weighted by Crippen LogP contribution is 2.31. The number of thiazole rings is 1. The number of aromatic nitrogens is 4. The molecule has 3 aromatic heterocycles. The van der Waals surface area contributed by atoms with Gasteiger partial charge in [0.1, 0.15) is 17.0 Å². The van der Waals surface area contributed by atoms with Crippen LogP contribution in [-0.4, -0.2) is 25.8 Å². The molecular weight excluding hydrogens is 353 g/mol. The van der Waals surface area contributed by atoms with Crippen molar-refractivity contribution in [1.29, 1.82) is 0 Å². The standard InChI is InChI=1S/C18H12FN5OS/c19-13-4-1-5-15-16(13)23-18(26-15)24(11-12-3-2-6-20-9-12)17(25)14-10-21-7-8-22-14/h1-10H,11H2. The summed E-state index contributed by atoms with van der Waals surface area (Å²) in [5.41, 5.74) is 1.26. The molecule has 1 amide bonds. The van der Waals surface area contributed by atoms with Gasteiger partial charge in [-0.25, -0.2) is 14.4 Å². The number of carbonyl (C=O) groups excluding carboxylic acids is 1. The van der Waals surface area contributed by atoms with Crippen molar-refractivity contribution in [2.45, 2.75) is 6.54 Å².